The monoisotopic (exact) mass is 368 g/mol. The van der Waals surface area contributed by atoms with Crippen LogP contribution in [0.5, 0.6) is 0 Å². The zero-order valence-corrected chi connectivity index (χ0v) is 13.7. The first-order chi connectivity index (χ1) is 11.2. The van der Waals surface area contributed by atoms with E-state index >= 15 is 0 Å². The normalized spacial score (nSPS) is 10.3. The van der Waals surface area contributed by atoms with Crippen molar-refractivity contribution in [1.82, 2.24) is 20.3 Å². The predicted molar refractivity (Wildman–Crippen MR) is 90.6 cm³/mol. The first-order valence-electron chi connectivity index (χ1n) is 6.97. The Morgan fingerprint density at radius 3 is 2.70 bits per heavy atom. The fourth-order valence-electron chi connectivity index (χ4n) is 2.07. The van der Waals surface area contributed by atoms with Crippen LogP contribution in [0.25, 0.3) is 11.3 Å². The van der Waals surface area contributed by atoms with Crippen LogP contribution in [0.1, 0.15) is 16.1 Å². The van der Waals surface area contributed by atoms with Crippen LogP contribution < -0.4 is 5.32 Å². The molecule has 114 valence electrons. The second-order valence-electron chi connectivity index (χ2n) is 4.84. The average Bonchev–Trinajstić information content (AvgIpc) is 2.61. The first kappa shape index (κ1) is 15.3. The van der Waals surface area contributed by atoms with E-state index in [9.17, 15) is 4.79 Å². The quantitative estimate of drug-likeness (QED) is 0.767. The zero-order valence-electron chi connectivity index (χ0n) is 12.1. The van der Waals surface area contributed by atoms with Crippen molar-refractivity contribution in [3.8, 4) is 11.3 Å². The fraction of sp³-hybridized carbons (Fsp3) is 0.0588. The summed E-state index contributed by atoms with van der Waals surface area (Å²) in [6, 6.07) is 13.4. The Balaban J connectivity index is 1.70. The van der Waals surface area contributed by atoms with Gasteiger partial charge in [0, 0.05) is 22.4 Å². The highest BCUT2D eigenvalue weighted by atomic mass is 79.9. The number of nitrogens with zero attached hydrogens (tertiary/aromatic N) is 3. The molecule has 0 bridgehead atoms. The van der Waals surface area contributed by atoms with Crippen molar-refractivity contribution in [2.24, 2.45) is 0 Å². The smallest absolute Gasteiger partial charge is 0.253 e. The fourth-order valence-corrected chi connectivity index (χ4v) is 2.43. The minimum atomic E-state index is -0.196. The summed E-state index contributed by atoms with van der Waals surface area (Å²) in [5.74, 6) is -0.196. The van der Waals surface area contributed by atoms with Crippen LogP contribution in [0, 0.1) is 0 Å². The number of rotatable bonds is 4. The van der Waals surface area contributed by atoms with E-state index in [1.807, 2.05) is 36.4 Å². The summed E-state index contributed by atoms with van der Waals surface area (Å²) in [5.41, 5.74) is 3.08. The van der Waals surface area contributed by atoms with Crippen LogP contribution in [0.2, 0.25) is 0 Å². The second-order valence-corrected chi connectivity index (χ2v) is 5.75. The third kappa shape index (κ3) is 3.98. The van der Waals surface area contributed by atoms with Crippen molar-refractivity contribution in [2.45, 2.75) is 6.54 Å². The van der Waals surface area contributed by atoms with E-state index in [0.717, 1.165) is 21.4 Å². The van der Waals surface area contributed by atoms with Crippen LogP contribution in [-0.2, 0) is 6.54 Å². The van der Waals surface area contributed by atoms with E-state index in [4.69, 9.17) is 0 Å². The Morgan fingerprint density at radius 2 is 1.91 bits per heavy atom. The molecule has 0 unspecified atom stereocenters. The lowest BCUT2D eigenvalue weighted by atomic mass is 10.1. The van der Waals surface area contributed by atoms with Gasteiger partial charge < -0.3 is 5.32 Å². The lowest BCUT2D eigenvalue weighted by molar-refractivity contribution is 0.0950. The summed E-state index contributed by atoms with van der Waals surface area (Å²) >= 11 is 3.30. The van der Waals surface area contributed by atoms with Crippen molar-refractivity contribution in [1.29, 1.82) is 0 Å². The molecule has 0 aliphatic heterocycles. The number of benzene rings is 1. The molecule has 5 nitrogen and oxygen atoms in total. The molecule has 0 saturated heterocycles. The molecular weight excluding hydrogens is 356 g/mol. The van der Waals surface area contributed by atoms with E-state index in [-0.39, 0.29) is 5.91 Å². The summed E-state index contributed by atoms with van der Waals surface area (Å²) < 4.78 is 0.763. The maximum atomic E-state index is 12.1. The highest BCUT2D eigenvalue weighted by Crippen LogP contribution is 2.16. The Bertz CT molecular complexity index is 824. The molecule has 6 heteroatoms. The summed E-state index contributed by atoms with van der Waals surface area (Å²) in [4.78, 5) is 24.6. The van der Waals surface area contributed by atoms with E-state index < -0.39 is 0 Å². The molecule has 1 aromatic carbocycles. The van der Waals surface area contributed by atoms with Gasteiger partial charge in [-0.15, -0.1) is 0 Å². The summed E-state index contributed by atoms with van der Waals surface area (Å²) in [7, 11) is 0. The van der Waals surface area contributed by atoms with Crippen LogP contribution in [0.3, 0.4) is 0 Å². The molecule has 0 fully saturated rings. The Kier molecular flexibility index (Phi) is 4.73. The van der Waals surface area contributed by atoms with E-state index in [1.54, 1.807) is 12.3 Å². The molecule has 0 atom stereocenters. The number of halogens is 1. The number of carbonyl (C=O) groups excluding carboxylic acids is 1. The van der Waals surface area contributed by atoms with Gasteiger partial charge in [-0.2, -0.15) is 0 Å². The van der Waals surface area contributed by atoms with E-state index in [1.165, 1.54) is 12.5 Å². The van der Waals surface area contributed by atoms with Crippen molar-refractivity contribution in [3.05, 3.63) is 76.9 Å². The zero-order chi connectivity index (χ0) is 16.1. The molecule has 1 N–H and O–H groups in total. The van der Waals surface area contributed by atoms with Gasteiger partial charge in [-0.05, 0) is 28.1 Å². The molecule has 1 amide bonds. The molecule has 0 saturated carbocycles. The molecule has 3 aromatic rings. The maximum absolute atomic E-state index is 12.1. The van der Waals surface area contributed by atoms with Crippen molar-refractivity contribution in [2.75, 3.05) is 0 Å². The van der Waals surface area contributed by atoms with Crippen molar-refractivity contribution < 1.29 is 4.79 Å². The minimum absolute atomic E-state index is 0.196. The van der Waals surface area contributed by atoms with Gasteiger partial charge in [0.05, 0.1) is 23.5 Å². The maximum Gasteiger partial charge on any atom is 0.253 e. The summed E-state index contributed by atoms with van der Waals surface area (Å²) in [5, 5.41) is 2.83. The number of pyridine rings is 1. The van der Waals surface area contributed by atoms with Crippen molar-refractivity contribution in [3.63, 3.8) is 0 Å². The van der Waals surface area contributed by atoms with Gasteiger partial charge in [-0.3, -0.25) is 9.78 Å². The van der Waals surface area contributed by atoms with Crippen molar-refractivity contribution >= 4 is 21.8 Å². The molecule has 0 aliphatic rings. The SMILES string of the molecule is O=C(NCc1cc(-c2ccccc2)ncn1)c1cncc(Br)c1. The van der Waals surface area contributed by atoms with Gasteiger partial charge in [0.1, 0.15) is 6.33 Å². The van der Waals surface area contributed by atoms with Crippen LogP contribution in [0.15, 0.2) is 65.7 Å². The third-order valence-electron chi connectivity index (χ3n) is 3.19. The number of aromatic nitrogens is 3. The second kappa shape index (κ2) is 7.11. The van der Waals surface area contributed by atoms with Gasteiger partial charge in [-0.1, -0.05) is 30.3 Å². The topological polar surface area (TPSA) is 67.8 Å². The van der Waals surface area contributed by atoms with Gasteiger partial charge in [0.15, 0.2) is 0 Å². The molecule has 0 spiro atoms. The third-order valence-corrected chi connectivity index (χ3v) is 3.62. The molecule has 0 radical (unpaired) electrons. The van der Waals surface area contributed by atoms with Gasteiger partial charge >= 0.3 is 0 Å². The van der Waals surface area contributed by atoms with Gasteiger partial charge in [-0.25, -0.2) is 9.97 Å². The average molecular weight is 369 g/mol. The largest absolute Gasteiger partial charge is 0.346 e. The van der Waals surface area contributed by atoms with Crippen LogP contribution in [0.4, 0.5) is 0 Å². The minimum Gasteiger partial charge on any atom is -0.346 e. The lowest BCUT2D eigenvalue weighted by Crippen LogP contribution is -2.23. The molecule has 3 rings (SSSR count). The van der Waals surface area contributed by atoms with Gasteiger partial charge in [0.25, 0.3) is 5.91 Å². The predicted octanol–water partition coefficient (Wildman–Crippen LogP) is 3.23. The lowest BCUT2D eigenvalue weighted by Gasteiger charge is -2.06. The van der Waals surface area contributed by atoms with E-state index in [0.29, 0.717) is 12.1 Å². The van der Waals surface area contributed by atoms with E-state index in [2.05, 4.69) is 36.2 Å². The molecule has 2 heterocycles. The van der Waals surface area contributed by atoms with Crippen LogP contribution in [-0.4, -0.2) is 20.9 Å². The number of carbonyl (C=O) groups is 1. The molecule has 0 aliphatic carbocycles. The number of hydrogen-bond donors (Lipinski definition) is 1. The van der Waals surface area contributed by atoms with Gasteiger partial charge in [0.2, 0.25) is 0 Å². The number of nitrogens with one attached hydrogen (secondary N) is 1. The summed E-state index contributed by atoms with van der Waals surface area (Å²) in [6.07, 6.45) is 4.66. The highest BCUT2D eigenvalue weighted by molar-refractivity contribution is 9.10. The first-order valence-corrected chi connectivity index (χ1v) is 7.77. The number of amides is 1. The standard InChI is InChI=1S/C17H13BrN4O/c18-14-6-13(8-19-9-14)17(23)20-10-15-7-16(22-11-21-15)12-4-2-1-3-5-12/h1-9,11H,10H2,(H,20,23). The molecule has 23 heavy (non-hydrogen) atoms. The molecular formula is C17H13BrN4O. The van der Waals surface area contributed by atoms with Crippen LogP contribution >= 0.6 is 15.9 Å². The summed E-state index contributed by atoms with van der Waals surface area (Å²) in [6.45, 7) is 0.327. The highest BCUT2D eigenvalue weighted by Gasteiger charge is 2.07. The Hall–Kier alpha value is -2.60. The Morgan fingerprint density at radius 1 is 1.09 bits per heavy atom. The Labute approximate surface area is 142 Å². The molecule has 2 aromatic heterocycles. The number of hydrogen-bond acceptors (Lipinski definition) is 4.